The number of fused-ring (bicyclic) bond motifs is 1. The molecule has 2 rings (SSSR count). The lowest BCUT2D eigenvalue weighted by molar-refractivity contribution is 0.554. The number of aryl methyl sites for hydroxylation is 1. The van der Waals surface area contributed by atoms with Crippen LogP contribution < -0.4 is 5.73 Å². The van der Waals surface area contributed by atoms with Crippen molar-refractivity contribution in [3.8, 4) is 0 Å². The quantitative estimate of drug-likeness (QED) is 0.828. The summed E-state index contributed by atoms with van der Waals surface area (Å²) in [5.41, 5.74) is 10.2. The molecule has 3 N–H and O–H groups in total. The fourth-order valence-corrected chi connectivity index (χ4v) is 2.49. The van der Waals surface area contributed by atoms with Crippen molar-refractivity contribution >= 4 is 10.9 Å². The van der Waals surface area contributed by atoms with Gasteiger partial charge in [0.1, 0.15) is 0 Å². The summed E-state index contributed by atoms with van der Waals surface area (Å²) >= 11 is 0. The Kier molecular flexibility index (Phi) is 3.53. The van der Waals surface area contributed by atoms with Gasteiger partial charge in [0.05, 0.1) is 0 Å². The van der Waals surface area contributed by atoms with Crippen molar-refractivity contribution in [1.29, 1.82) is 0 Å². The zero-order valence-corrected chi connectivity index (χ0v) is 11.0. The predicted molar refractivity (Wildman–Crippen MR) is 74.4 cm³/mol. The van der Waals surface area contributed by atoms with Crippen molar-refractivity contribution in [3.05, 3.63) is 35.5 Å². The first-order valence-electron chi connectivity index (χ1n) is 6.53. The second-order valence-electron chi connectivity index (χ2n) is 4.80. The number of hydrogen-bond acceptors (Lipinski definition) is 1. The Bertz CT molecular complexity index is 499. The zero-order chi connectivity index (χ0) is 12.4. The first-order valence-corrected chi connectivity index (χ1v) is 6.53. The Morgan fingerprint density at radius 3 is 2.71 bits per heavy atom. The molecular formula is C15H22N2. The zero-order valence-electron chi connectivity index (χ0n) is 11.0. The van der Waals surface area contributed by atoms with Crippen molar-refractivity contribution < 1.29 is 0 Å². The SMILES string of the molecule is CCc1cccc2c(C(C)C(N)CC)c[nH]c12. The third-order valence-corrected chi connectivity index (χ3v) is 3.82. The van der Waals surface area contributed by atoms with Crippen LogP contribution in [0.2, 0.25) is 0 Å². The van der Waals surface area contributed by atoms with Gasteiger partial charge in [0.15, 0.2) is 0 Å². The average Bonchev–Trinajstić information content (AvgIpc) is 2.80. The van der Waals surface area contributed by atoms with Crippen LogP contribution in [0.5, 0.6) is 0 Å². The number of para-hydroxylation sites is 1. The molecule has 1 heterocycles. The highest BCUT2D eigenvalue weighted by molar-refractivity contribution is 5.86. The van der Waals surface area contributed by atoms with E-state index in [1.165, 1.54) is 22.0 Å². The number of nitrogens with one attached hydrogen (secondary N) is 1. The molecule has 1 aromatic carbocycles. The lowest BCUT2D eigenvalue weighted by atomic mass is 9.91. The topological polar surface area (TPSA) is 41.8 Å². The molecule has 0 bridgehead atoms. The molecule has 92 valence electrons. The minimum atomic E-state index is 0.235. The van der Waals surface area contributed by atoms with Crippen LogP contribution in [-0.2, 0) is 6.42 Å². The van der Waals surface area contributed by atoms with Gasteiger partial charge in [-0.1, -0.05) is 39.0 Å². The second kappa shape index (κ2) is 4.92. The van der Waals surface area contributed by atoms with E-state index in [0.717, 1.165) is 12.8 Å². The van der Waals surface area contributed by atoms with Crippen LogP contribution in [0.1, 0.15) is 44.2 Å². The molecule has 2 heteroatoms. The van der Waals surface area contributed by atoms with Crippen LogP contribution in [0.25, 0.3) is 10.9 Å². The van der Waals surface area contributed by atoms with Gasteiger partial charge in [-0.2, -0.15) is 0 Å². The van der Waals surface area contributed by atoms with E-state index in [1.807, 2.05) is 0 Å². The maximum Gasteiger partial charge on any atom is 0.0489 e. The highest BCUT2D eigenvalue weighted by Crippen LogP contribution is 2.29. The standard InChI is InChI=1S/C15H22N2/c1-4-11-7-6-8-12-13(9-17-15(11)12)10(3)14(16)5-2/h6-10,14,17H,4-5,16H2,1-3H3. The number of benzene rings is 1. The first kappa shape index (κ1) is 12.2. The average molecular weight is 230 g/mol. The Hall–Kier alpha value is -1.28. The highest BCUT2D eigenvalue weighted by Gasteiger charge is 2.17. The van der Waals surface area contributed by atoms with Gasteiger partial charge >= 0.3 is 0 Å². The minimum absolute atomic E-state index is 0.235. The summed E-state index contributed by atoms with van der Waals surface area (Å²) in [5.74, 6) is 0.404. The third kappa shape index (κ3) is 2.09. The molecule has 2 aromatic rings. The number of rotatable bonds is 4. The van der Waals surface area contributed by atoms with Crippen LogP contribution in [-0.4, -0.2) is 11.0 Å². The van der Waals surface area contributed by atoms with E-state index in [4.69, 9.17) is 5.73 Å². The molecule has 0 radical (unpaired) electrons. The number of aromatic amines is 1. The number of H-pyrrole nitrogens is 1. The largest absolute Gasteiger partial charge is 0.361 e. The molecule has 0 aliphatic rings. The number of hydrogen-bond donors (Lipinski definition) is 2. The smallest absolute Gasteiger partial charge is 0.0489 e. The van der Waals surface area contributed by atoms with Crippen LogP contribution in [0.3, 0.4) is 0 Å². The summed E-state index contributed by atoms with van der Waals surface area (Å²) in [5, 5.41) is 1.33. The Balaban J connectivity index is 2.49. The van der Waals surface area contributed by atoms with Gasteiger partial charge in [-0.25, -0.2) is 0 Å². The normalized spacial score (nSPS) is 15.1. The summed E-state index contributed by atoms with van der Waals surface area (Å²) in [6.45, 7) is 6.55. The van der Waals surface area contributed by atoms with Crippen molar-refractivity contribution in [3.63, 3.8) is 0 Å². The lowest BCUT2D eigenvalue weighted by Gasteiger charge is -2.17. The fraction of sp³-hybridized carbons (Fsp3) is 0.467. The van der Waals surface area contributed by atoms with Crippen LogP contribution >= 0.6 is 0 Å². The van der Waals surface area contributed by atoms with Gasteiger partial charge in [0.25, 0.3) is 0 Å². The van der Waals surface area contributed by atoms with E-state index in [1.54, 1.807) is 0 Å². The van der Waals surface area contributed by atoms with E-state index in [-0.39, 0.29) is 6.04 Å². The predicted octanol–water partition coefficient (Wildman–Crippen LogP) is 3.57. The maximum absolute atomic E-state index is 6.16. The molecule has 2 nitrogen and oxygen atoms in total. The summed E-state index contributed by atoms with van der Waals surface area (Å²) < 4.78 is 0. The number of nitrogens with two attached hydrogens (primary N) is 1. The summed E-state index contributed by atoms with van der Waals surface area (Å²) in [6.07, 6.45) is 4.21. The van der Waals surface area contributed by atoms with Gasteiger partial charge in [0, 0.05) is 23.1 Å². The van der Waals surface area contributed by atoms with E-state index in [9.17, 15) is 0 Å². The molecule has 0 amide bonds. The minimum Gasteiger partial charge on any atom is -0.361 e. The molecule has 2 unspecified atom stereocenters. The molecule has 1 aromatic heterocycles. The van der Waals surface area contributed by atoms with Crippen LogP contribution in [0.4, 0.5) is 0 Å². The monoisotopic (exact) mass is 230 g/mol. The lowest BCUT2D eigenvalue weighted by Crippen LogP contribution is -2.25. The van der Waals surface area contributed by atoms with Gasteiger partial charge in [-0.15, -0.1) is 0 Å². The maximum atomic E-state index is 6.16. The molecule has 0 aliphatic heterocycles. The fourth-order valence-electron chi connectivity index (χ4n) is 2.49. The first-order chi connectivity index (χ1) is 8.19. The molecule has 0 saturated heterocycles. The van der Waals surface area contributed by atoms with E-state index < -0.39 is 0 Å². The third-order valence-electron chi connectivity index (χ3n) is 3.82. The van der Waals surface area contributed by atoms with Crippen molar-refractivity contribution in [1.82, 2.24) is 4.98 Å². The summed E-state index contributed by atoms with van der Waals surface area (Å²) in [4.78, 5) is 3.41. The molecule has 17 heavy (non-hydrogen) atoms. The summed E-state index contributed by atoms with van der Waals surface area (Å²) in [7, 11) is 0. The summed E-state index contributed by atoms with van der Waals surface area (Å²) in [6, 6.07) is 6.76. The van der Waals surface area contributed by atoms with E-state index in [0.29, 0.717) is 5.92 Å². The van der Waals surface area contributed by atoms with Crippen molar-refractivity contribution in [2.75, 3.05) is 0 Å². The van der Waals surface area contributed by atoms with Crippen molar-refractivity contribution in [2.45, 2.75) is 45.6 Å². The van der Waals surface area contributed by atoms with E-state index in [2.05, 4.69) is 50.2 Å². The van der Waals surface area contributed by atoms with E-state index >= 15 is 0 Å². The Labute approximate surface area is 103 Å². The Morgan fingerprint density at radius 2 is 2.06 bits per heavy atom. The van der Waals surface area contributed by atoms with Gasteiger partial charge in [-0.3, -0.25) is 0 Å². The molecule has 0 spiro atoms. The molecular weight excluding hydrogens is 208 g/mol. The number of aromatic nitrogens is 1. The Morgan fingerprint density at radius 1 is 1.29 bits per heavy atom. The molecule has 0 aliphatic carbocycles. The van der Waals surface area contributed by atoms with Crippen LogP contribution in [0.15, 0.2) is 24.4 Å². The molecule has 0 saturated carbocycles. The highest BCUT2D eigenvalue weighted by atomic mass is 14.7. The van der Waals surface area contributed by atoms with Gasteiger partial charge in [0.2, 0.25) is 0 Å². The van der Waals surface area contributed by atoms with Gasteiger partial charge < -0.3 is 10.7 Å². The van der Waals surface area contributed by atoms with Crippen molar-refractivity contribution in [2.24, 2.45) is 5.73 Å². The second-order valence-corrected chi connectivity index (χ2v) is 4.80. The molecule has 0 fully saturated rings. The van der Waals surface area contributed by atoms with Gasteiger partial charge in [-0.05, 0) is 29.9 Å². The molecule has 2 atom stereocenters. The van der Waals surface area contributed by atoms with Crippen LogP contribution in [0, 0.1) is 0 Å².